The van der Waals surface area contributed by atoms with Crippen molar-refractivity contribution in [3.63, 3.8) is 0 Å². The number of nitrogens with zero attached hydrogens (tertiary/aromatic N) is 13. The molecular formula is C105H62N13OPS3. The highest BCUT2D eigenvalue weighted by Gasteiger charge is 2.31. The molecule has 10 aromatic heterocycles. The molecule has 0 unspecified atom stereocenters. The van der Waals surface area contributed by atoms with E-state index in [9.17, 15) is 4.57 Å². The number of aromatic nitrogens is 13. The van der Waals surface area contributed by atoms with Crippen molar-refractivity contribution in [1.82, 2.24) is 61.1 Å². The minimum atomic E-state index is -3.07. The van der Waals surface area contributed by atoms with Crippen LogP contribution in [0.1, 0.15) is 0 Å². The zero-order valence-corrected chi connectivity index (χ0v) is 68.5. The number of rotatable bonds is 10. The Morgan fingerprint density at radius 3 is 0.935 bits per heavy atom. The number of fused-ring (bicyclic) bond motifs is 21. The smallest absolute Gasteiger partial charge is 0.171 e. The average molecular weight is 1650 g/mol. The SMILES string of the molecule is O=P(c1ccccc1)(c1ccccc1)c1ccc(-c2cc3c(-c4ccccc4)nc4ccccc4c3c3nsnc23)cc1.c1ccc(-c2ccc3ccc4ccc(-c5cc6c(-c7ccccc7)nc7ccccc7c6c6nsnc56)nc4c3n2)cc1.c1ccc(-c2nc3ccccc3c3c2cc(-c2ccc4ccc5cccnc5c4n2)c2nsnc23)cc1. The average Bonchev–Trinajstić information content (AvgIpc) is 1.30. The molecule has 18 heteroatoms. The van der Waals surface area contributed by atoms with Gasteiger partial charge >= 0.3 is 0 Å². The summed E-state index contributed by atoms with van der Waals surface area (Å²) >= 11 is 3.69. The van der Waals surface area contributed by atoms with Gasteiger partial charge in [-0.25, -0.2) is 29.9 Å². The molecule has 0 saturated heterocycles. The number of benzene rings is 15. The number of hydrogen-bond donors (Lipinski definition) is 0. The van der Waals surface area contributed by atoms with Crippen LogP contribution in [-0.2, 0) is 4.57 Å². The highest BCUT2D eigenvalue weighted by Crippen LogP contribution is 2.48. The molecule has 0 radical (unpaired) electrons. The maximum Gasteiger partial charge on any atom is 0.171 e. The van der Waals surface area contributed by atoms with Crippen LogP contribution in [0.2, 0.25) is 0 Å². The molecule has 25 aromatic rings. The van der Waals surface area contributed by atoms with Gasteiger partial charge in [-0.2, -0.15) is 26.2 Å². The first-order chi connectivity index (χ1) is 60.9. The third-order valence-electron chi connectivity index (χ3n) is 23.1. The molecule has 0 bridgehead atoms. The van der Waals surface area contributed by atoms with Crippen molar-refractivity contribution in [2.24, 2.45) is 0 Å². The standard InChI is InChI=1S/C37H21N5S.C37H24N3OPS.C31H17N5S/c1-3-9-22(10-4-1)29-19-17-24-15-16-25-18-20-31(40-35(25)34(24)38-29)27-21-28-32(37-36(27)41-43-42-37)26-13-7-8-14-30(26)39-33(28)23-11-5-2-6-12-23;41-42(27-14-6-2-7-15-27,28-16-8-3-9-17-28)29-22-20-25(21-23-29)31-24-32-34(37-36(31)39-43-40-37)30-18-10-11-19-33(30)38-35(32)26-12-4-1-5-13-26;1-2-7-18(8-3-1)27-23-17-22(25-15-14-20-13-12-19-9-6-16-32-28(19)29(20)34-25)30-31(36-37-35-30)26(23)21-10-4-5-11-24(21)33-27/h1-21H;1-24H;1-17H. The Labute approximate surface area is 715 Å². The van der Waals surface area contributed by atoms with Gasteiger partial charge in [0.15, 0.2) is 7.14 Å². The molecule has 15 aromatic carbocycles. The lowest BCUT2D eigenvalue weighted by molar-refractivity contribution is 0.592. The molecule has 576 valence electrons. The van der Waals surface area contributed by atoms with Gasteiger partial charge in [0.25, 0.3) is 0 Å². The second kappa shape index (κ2) is 30.5. The summed E-state index contributed by atoms with van der Waals surface area (Å²) in [5.74, 6) is 0. The van der Waals surface area contributed by atoms with Crippen molar-refractivity contribution in [2.45, 2.75) is 0 Å². The molecule has 0 atom stereocenters. The Hall–Kier alpha value is -15.4. The van der Waals surface area contributed by atoms with Gasteiger partial charge < -0.3 is 4.57 Å². The van der Waals surface area contributed by atoms with E-state index >= 15 is 0 Å². The predicted molar refractivity (Wildman–Crippen MR) is 509 cm³/mol. The quantitative estimate of drug-likeness (QED) is 0.0930. The number of hydrogen-bond acceptors (Lipinski definition) is 17. The molecule has 0 aliphatic rings. The molecule has 0 aliphatic carbocycles. The van der Waals surface area contributed by atoms with Crippen LogP contribution in [0.3, 0.4) is 0 Å². The van der Waals surface area contributed by atoms with Gasteiger partial charge in [-0.15, -0.1) is 0 Å². The van der Waals surface area contributed by atoms with E-state index in [0.29, 0.717) is 0 Å². The molecule has 0 N–H and O–H groups in total. The molecule has 10 heterocycles. The van der Waals surface area contributed by atoms with E-state index in [0.717, 1.165) is 236 Å². The Morgan fingerprint density at radius 1 is 0.211 bits per heavy atom. The van der Waals surface area contributed by atoms with Crippen LogP contribution >= 0.6 is 42.3 Å². The van der Waals surface area contributed by atoms with Gasteiger partial charge in [0.2, 0.25) is 0 Å². The van der Waals surface area contributed by atoms with Crippen molar-refractivity contribution in [3.05, 3.63) is 376 Å². The van der Waals surface area contributed by atoms with Crippen molar-refractivity contribution in [3.8, 4) is 78.7 Å². The fourth-order valence-corrected chi connectivity index (χ4v) is 21.6. The summed E-state index contributed by atoms with van der Waals surface area (Å²) in [4.78, 5) is 35.5. The Bertz CT molecular complexity index is 8510. The summed E-state index contributed by atoms with van der Waals surface area (Å²) in [6, 6.07) is 125. The maximum atomic E-state index is 14.9. The monoisotopic (exact) mass is 1650 g/mol. The molecule has 0 spiro atoms. The Balaban J connectivity index is 0.000000107. The summed E-state index contributed by atoms with van der Waals surface area (Å²) in [7, 11) is -3.07. The number of para-hydroxylation sites is 3. The lowest BCUT2D eigenvalue weighted by atomic mass is 9.94. The number of pyridine rings is 7. The fraction of sp³-hybridized carbons (Fsp3) is 0. The first-order valence-corrected chi connectivity index (χ1v) is 44.1. The van der Waals surface area contributed by atoms with E-state index in [-0.39, 0.29) is 0 Å². The molecule has 0 amide bonds. The topological polar surface area (TPSA) is 185 Å². The highest BCUT2D eigenvalue weighted by molar-refractivity contribution is 7.85. The third kappa shape index (κ3) is 12.7. The van der Waals surface area contributed by atoms with E-state index in [2.05, 4.69) is 205 Å². The first-order valence-electron chi connectivity index (χ1n) is 40.2. The summed E-state index contributed by atoms with van der Waals surface area (Å²) in [5.41, 5.74) is 25.0. The van der Waals surface area contributed by atoms with Gasteiger partial charge in [-0.05, 0) is 66.2 Å². The maximum absolute atomic E-state index is 14.9. The van der Waals surface area contributed by atoms with Crippen LogP contribution in [0, 0.1) is 0 Å². The van der Waals surface area contributed by atoms with E-state index in [1.54, 1.807) is 0 Å². The normalized spacial score (nSPS) is 11.8. The molecule has 123 heavy (non-hydrogen) atoms. The van der Waals surface area contributed by atoms with Gasteiger partial charge in [0.05, 0.1) is 108 Å². The Morgan fingerprint density at radius 2 is 0.520 bits per heavy atom. The van der Waals surface area contributed by atoms with Crippen LogP contribution in [0.4, 0.5) is 0 Å². The summed E-state index contributed by atoms with van der Waals surface area (Å²) in [6.07, 6.45) is 1.82. The predicted octanol–water partition coefficient (Wildman–Crippen LogP) is 25.7. The van der Waals surface area contributed by atoms with Crippen molar-refractivity contribution < 1.29 is 4.57 Å². The van der Waals surface area contributed by atoms with Crippen molar-refractivity contribution >= 4 is 200 Å². The molecule has 25 rings (SSSR count). The zero-order valence-electron chi connectivity index (χ0n) is 65.2. The van der Waals surface area contributed by atoms with E-state index < -0.39 is 7.14 Å². The first kappa shape index (κ1) is 72.8. The van der Waals surface area contributed by atoms with Crippen molar-refractivity contribution in [1.29, 1.82) is 0 Å². The summed E-state index contributed by atoms with van der Waals surface area (Å²) < 4.78 is 43.7. The Kier molecular flexibility index (Phi) is 18.0. The largest absolute Gasteiger partial charge is 0.309 e. The lowest BCUT2D eigenvalue weighted by Crippen LogP contribution is -2.24. The fourth-order valence-electron chi connectivity index (χ4n) is 17.3. The van der Waals surface area contributed by atoms with Crippen LogP contribution < -0.4 is 15.9 Å². The van der Waals surface area contributed by atoms with Crippen LogP contribution in [0.5, 0.6) is 0 Å². The van der Waals surface area contributed by atoms with Crippen LogP contribution in [-0.4, -0.2) is 61.1 Å². The molecule has 0 aliphatic heterocycles. The van der Waals surface area contributed by atoms with Gasteiger partial charge in [-0.1, -0.05) is 309 Å². The van der Waals surface area contributed by atoms with E-state index in [1.807, 2.05) is 176 Å². The van der Waals surface area contributed by atoms with Crippen molar-refractivity contribution in [2.75, 3.05) is 0 Å². The van der Waals surface area contributed by atoms with Gasteiger partial charge in [0, 0.05) is 131 Å². The highest BCUT2D eigenvalue weighted by atomic mass is 32.1. The molecular weight excluding hydrogens is 1590 g/mol. The molecule has 0 saturated carbocycles. The second-order valence-corrected chi connectivity index (χ2v) is 34.5. The van der Waals surface area contributed by atoms with E-state index in [4.69, 9.17) is 56.1 Å². The van der Waals surface area contributed by atoms with Crippen LogP contribution in [0.25, 0.3) is 220 Å². The summed E-state index contributed by atoms with van der Waals surface area (Å²) in [6.45, 7) is 0. The summed E-state index contributed by atoms with van der Waals surface area (Å²) in [5, 5.41) is 16.1. The lowest BCUT2D eigenvalue weighted by Gasteiger charge is -2.20. The zero-order chi connectivity index (χ0) is 81.5. The minimum absolute atomic E-state index is 0.791. The van der Waals surface area contributed by atoms with E-state index in [1.165, 1.54) is 35.2 Å². The molecule has 0 fully saturated rings. The minimum Gasteiger partial charge on any atom is -0.309 e. The second-order valence-electron chi connectivity index (χ2n) is 30.2. The van der Waals surface area contributed by atoms with Gasteiger partial charge in [-0.3, -0.25) is 4.98 Å². The van der Waals surface area contributed by atoms with Crippen LogP contribution in [0.15, 0.2) is 376 Å². The molecule has 14 nitrogen and oxygen atoms in total. The van der Waals surface area contributed by atoms with Gasteiger partial charge in [0.1, 0.15) is 33.1 Å². The third-order valence-corrected chi connectivity index (χ3v) is 27.8.